The van der Waals surface area contributed by atoms with Gasteiger partial charge in [-0.3, -0.25) is 4.79 Å². The molecule has 2 aromatic carbocycles. The van der Waals surface area contributed by atoms with Gasteiger partial charge < -0.3 is 14.8 Å². The second-order valence-corrected chi connectivity index (χ2v) is 8.86. The first-order chi connectivity index (χ1) is 14.3. The Morgan fingerprint density at radius 3 is 2.43 bits per heavy atom. The van der Waals surface area contributed by atoms with Crippen molar-refractivity contribution < 1.29 is 27.1 Å². The Morgan fingerprint density at radius 2 is 1.73 bits per heavy atom. The first-order valence-electron chi connectivity index (χ1n) is 9.93. The van der Waals surface area contributed by atoms with E-state index in [1.165, 1.54) is 18.2 Å². The summed E-state index contributed by atoms with van der Waals surface area (Å²) >= 11 is 0. The maximum Gasteiger partial charge on any atom is 0.221 e. The van der Waals surface area contributed by atoms with Crippen LogP contribution in [0, 0.1) is 5.82 Å². The first-order valence-corrected chi connectivity index (χ1v) is 11.8. The highest BCUT2D eigenvalue weighted by Crippen LogP contribution is 2.28. The van der Waals surface area contributed by atoms with Crippen LogP contribution in [-0.4, -0.2) is 39.8 Å². The number of hydrogen-bond acceptors (Lipinski definition) is 5. The van der Waals surface area contributed by atoms with E-state index in [4.69, 9.17) is 9.47 Å². The van der Waals surface area contributed by atoms with Crippen LogP contribution in [0.4, 0.5) is 4.39 Å². The molecule has 2 rings (SSSR count). The molecular formula is C22H28FNO5S. The van der Waals surface area contributed by atoms with E-state index in [0.717, 1.165) is 5.56 Å². The van der Waals surface area contributed by atoms with Crippen molar-refractivity contribution >= 4 is 15.7 Å². The zero-order chi connectivity index (χ0) is 22.0. The number of carbonyl (C=O) groups is 1. The highest BCUT2D eigenvalue weighted by Gasteiger charge is 2.16. The third kappa shape index (κ3) is 7.67. The Kier molecular flexibility index (Phi) is 9.11. The second kappa shape index (κ2) is 11.5. The lowest BCUT2D eigenvalue weighted by molar-refractivity contribution is -0.120. The van der Waals surface area contributed by atoms with Crippen molar-refractivity contribution in [3.05, 3.63) is 59.4 Å². The van der Waals surface area contributed by atoms with Crippen molar-refractivity contribution in [3.63, 3.8) is 0 Å². The van der Waals surface area contributed by atoms with Crippen LogP contribution in [-0.2, 0) is 26.8 Å². The van der Waals surface area contributed by atoms with E-state index < -0.39 is 21.4 Å². The highest BCUT2D eigenvalue weighted by molar-refractivity contribution is 7.90. The molecule has 0 bridgehead atoms. The largest absolute Gasteiger partial charge is 0.490 e. The molecule has 0 saturated heterocycles. The standard InChI is InChI=1S/C22H28FNO5S/c1-3-28-20-10-9-17(15-21(20)29-4-2)11-13-24-22(25)12-14-30(26,27)16-18-7-5-6-8-19(18)23/h5-10,15H,3-4,11-14,16H2,1-2H3,(H,24,25). The molecule has 0 fully saturated rings. The van der Waals surface area contributed by atoms with Gasteiger partial charge in [-0.25, -0.2) is 12.8 Å². The molecule has 0 aromatic heterocycles. The fourth-order valence-electron chi connectivity index (χ4n) is 2.86. The number of benzene rings is 2. The van der Waals surface area contributed by atoms with Crippen molar-refractivity contribution in [2.75, 3.05) is 25.5 Å². The van der Waals surface area contributed by atoms with Gasteiger partial charge in [0.2, 0.25) is 5.91 Å². The summed E-state index contributed by atoms with van der Waals surface area (Å²) in [5.41, 5.74) is 1.08. The van der Waals surface area contributed by atoms with Crippen LogP contribution >= 0.6 is 0 Å². The predicted octanol–water partition coefficient (Wildman–Crippen LogP) is 3.29. The molecule has 1 N–H and O–H groups in total. The topological polar surface area (TPSA) is 81.7 Å². The van der Waals surface area contributed by atoms with Gasteiger partial charge in [-0.1, -0.05) is 24.3 Å². The van der Waals surface area contributed by atoms with E-state index in [1.807, 2.05) is 32.0 Å². The Morgan fingerprint density at radius 1 is 1.03 bits per heavy atom. The van der Waals surface area contributed by atoms with Gasteiger partial charge in [0.1, 0.15) is 5.82 Å². The number of sulfone groups is 1. The van der Waals surface area contributed by atoms with Gasteiger partial charge in [-0.15, -0.1) is 0 Å². The summed E-state index contributed by atoms with van der Waals surface area (Å²) in [6.45, 7) is 5.21. The number of hydrogen-bond donors (Lipinski definition) is 1. The lowest BCUT2D eigenvalue weighted by Gasteiger charge is -2.12. The van der Waals surface area contributed by atoms with E-state index in [2.05, 4.69) is 5.32 Å². The second-order valence-electron chi connectivity index (χ2n) is 6.68. The van der Waals surface area contributed by atoms with Gasteiger partial charge in [0.15, 0.2) is 21.3 Å². The van der Waals surface area contributed by atoms with Gasteiger partial charge in [0.25, 0.3) is 0 Å². The zero-order valence-corrected chi connectivity index (χ0v) is 18.1. The highest BCUT2D eigenvalue weighted by atomic mass is 32.2. The third-order valence-electron chi connectivity index (χ3n) is 4.32. The van der Waals surface area contributed by atoms with E-state index >= 15 is 0 Å². The summed E-state index contributed by atoms with van der Waals surface area (Å²) < 4.78 is 49.1. The molecule has 0 aliphatic carbocycles. The van der Waals surface area contributed by atoms with Gasteiger partial charge in [-0.05, 0) is 44.0 Å². The average molecular weight is 438 g/mol. The summed E-state index contributed by atoms with van der Waals surface area (Å²) in [4.78, 5) is 12.0. The predicted molar refractivity (Wildman–Crippen MR) is 114 cm³/mol. The molecule has 1 amide bonds. The Labute approximate surface area is 177 Å². The van der Waals surface area contributed by atoms with Crippen molar-refractivity contribution in [2.24, 2.45) is 0 Å². The lowest BCUT2D eigenvalue weighted by Crippen LogP contribution is -2.27. The number of amides is 1. The normalized spacial score (nSPS) is 11.2. The molecule has 6 nitrogen and oxygen atoms in total. The monoisotopic (exact) mass is 437 g/mol. The number of rotatable bonds is 12. The minimum atomic E-state index is -3.58. The van der Waals surface area contributed by atoms with Crippen molar-refractivity contribution in [2.45, 2.75) is 32.4 Å². The summed E-state index contributed by atoms with van der Waals surface area (Å²) in [5, 5.41) is 2.72. The lowest BCUT2D eigenvalue weighted by atomic mass is 10.1. The number of carbonyl (C=O) groups excluding carboxylic acids is 1. The van der Waals surface area contributed by atoms with Crippen molar-refractivity contribution in [3.8, 4) is 11.5 Å². The molecule has 0 spiro atoms. The summed E-state index contributed by atoms with van der Waals surface area (Å²) in [5.74, 6) is -0.339. The van der Waals surface area contributed by atoms with Crippen LogP contribution in [0.1, 0.15) is 31.4 Å². The average Bonchev–Trinajstić information content (AvgIpc) is 2.70. The van der Waals surface area contributed by atoms with Crippen LogP contribution in [0.3, 0.4) is 0 Å². The van der Waals surface area contributed by atoms with Crippen LogP contribution < -0.4 is 14.8 Å². The van der Waals surface area contributed by atoms with Crippen LogP contribution in [0.5, 0.6) is 11.5 Å². The molecule has 0 atom stereocenters. The molecule has 0 saturated carbocycles. The Balaban J connectivity index is 1.80. The SMILES string of the molecule is CCOc1ccc(CCNC(=O)CCS(=O)(=O)Cc2ccccc2F)cc1OCC. The number of nitrogens with one attached hydrogen (secondary N) is 1. The summed E-state index contributed by atoms with van der Waals surface area (Å²) in [6, 6.07) is 11.3. The minimum absolute atomic E-state index is 0.110. The van der Waals surface area contributed by atoms with E-state index in [1.54, 1.807) is 6.07 Å². The van der Waals surface area contributed by atoms with Crippen molar-refractivity contribution in [1.29, 1.82) is 0 Å². The molecule has 0 unspecified atom stereocenters. The molecule has 164 valence electrons. The molecule has 0 radical (unpaired) electrons. The Hall–Kier alpha value is -2.61. The van der Waals surface area contributed by atoms with Gasteiger partial charge >= 0.3 is 0 Å². The van der Waals surface area contributed by atoms with E-state index in [9.17, 15) is 17.6 Å². The number of ether oxygens (including phenoxy) is 2. The van der Waals surface area contributed by atoms with E-state index in [-0.39, 0.29) is 23.6 Å². The summed E-state index contributed by atoms with van der Waals surface area (Å²) in [6.07, 6.45) is 0.407. The maximum atomic E-state index is 13.6. The third-order valence-corrected chi connectivity index (χ3v) is 5.89. The quantitative estimate of drug-likeness (QED) is 0.551. The van der Waals surface area contributed by atoms with Crippen LogP contribution in [0.25, 0.3) is 0 Å². The van der Waals surface area contributed by atoms with Crippen LogP contribution in [0.2, 0.25) is 0 Å². The minimum Gasteiger partial charge on any atom is -0.490 e. The molecule has 0 aliphatic rings. The molecule has 0 heterocycles. The van der Waals surface area contributed by atoms with Crippen LogP contribution in [0.15, 0.2) is 42.5 Å². The molecule has 8 heteroatoms. The number of halogens is 1. The molecule has 30 heavy (non-hydrogen) atoms. The van der Waals surface area contributed by atoms with E-state index in [0.29, 0.717) is 37.7 Å². The Bertz CT molecular complexity index is 946. The molecular weight excluding hydrogens is 409 g/mol. The van der Waals surface area contributed by atoms with Crippen molar-refractivity contribution in [1.82, 2.24) is 5.32 Å². The zero-order valence-electron chi connectivity index (χ0n) is 17.3. The van der Waals surface area contributed by atoms with Gasteiger partial charge in [0, 0.05) is 18.5 Å². The first kappa shape index (κ1) is 23.7. The fourth-order valence-corrected chi connectivity index (χ4v) is 4.21. The van der Waals surface area contributed by atoms with Gasteiger partial charge in [-0.2, -0.15) is 0 Å². The maximum absolute atomic E-state index is 13.6. The molecule has 2 aromatic rings. The molecule has 0 aliphatic heterocycles. The fraction of sp³-hybridized carbons (Fsp3) is 0.409. The summed E-state index contributed by atoms with van der Waals surface area (Å²) in [7, 11) is -3.58. The smallest absolute Gasteiger partial charge is 0.221 e. The van der Waals surface area contributed by atoms with Gasteiger partial charge in [0.05, 0.1) is 24.7 Å².